The van der Waals surface area contributed by atoms with Crippen LogP contribution in [0.1, 0.15) is 68.0 Å². The van der Waals surface area contributed by atoms with Crippen molar-refractivity contribution < 1.29 is 28.7 Å². The summed E-state index contributed by atoms with van der Waals surface area (Å²) in [5, 5.41) is 5.41. The lowest BCUT2D eigenvalue weighted by Gasteiger charge is -2.30. The Morgan fingerprint density at radius 1 is 0.789 bits per heavy atom. The number of amides is 4. The molecular weight excluding hydrogens is 727 g/mol. The average Bonchev–Trinajstić information content (AvgIpc) is 4.06. The molecule has 15 heteroatoms. The maximum Gasteiger partial charge on any atom is 0.407 e. The number of aromatic nitrogens is 5. The summed E-state index contributed by atoms with van der Waals surface area (Å²) in [4.78, 5) is 76.1. The van der Waals surface area contributed by atoms with Crippen molar-refractivity contribution in [2.45, 2.75) is 70.1 Å². The van der Waals surface area contributed by atoms with Gasteiger partial charge in [-0.05, 0) is 60.4 Å². The highest BCUT2D eigenvalue weighted by atomic mass is 16.5. The molecule has 2 aromatic carbocycles. The lowest BCUT2D eigenvalue weighted by Crippen LogP contribution is -2.51. The average molecular weight is 772 g/mol. The number of nitrogens with one attached hydrogen (secondary N) is 4. The van der Waals surface area contributed by atoms with Gasteiger partial charge in [0.15, 0.2) is 0 Å². The fourth-order valence-corrected chi connectivity index (χ4v) is 8.23. The van der Waals surface area contributed by atoms with E-state index in [0.29, 0.717) is 37.5 Å². The van der Waals surface area contributed by atoms with Crippen LogP contribution in [0.4, 0.5) is 15.3 Å². The molecule has 5 aromatic rings. The molecule has 0 aliphatic carbocycles. The Bertz CT molecular complexity index is 2300. The number of hydrogen-bond donors (Lipinski definition) is 4. The van der Waals surface area contributed by atoms with Crippen molar-refractivity contribution in [3.05, 3.63) is 96.0 Å². The minimum Gasteiger partial charge on any atom is -0.453 e. The molecule has 0 unspecified atom stereocenters. The van der Waals surface area contributed by atoms with Crippen LogP contribution in [-0.4, -0.2) is 86.7 Å². The Kier molecular flexibility index (Phi) is 10.2. The van der Waals surface area contributed by atoms with Gasteiger partial charge >= 0.3 is 12.2 Å². The summed E-state index contributed by atoms with van der Waals surface area (Å²) in [6, 6.07) is 16.1. The first-order valence-corrected chi connectivity index (χ1v) is 19.2. The number of nitrogens with zero attached hydrogens (tertiary/aromatic N) is 5. The molecule has 0 bridgehead atoms. The standard InChI is InChI=1S/C42H45N9O6/c1-23(2)35(49-42(55)57-4)40(53)50-18-6-9-33(50)37-44-22-32(47-37)28-15-16-29(43-20-28)24-10-12-25(13-11-24)31-21-45-38(46-31)34-19-27-8-5-7-26-14-17-30(48-41(54)56-3)39(52)51(34)36(26)27/h5,7-8,10-13,15-16,20-23,30,33-35H,6,9,14,17-19H2,1-4H3,(H,44,47)(H,45,46)(H,48,54)(H,49,55)/t30-,33-,34-,35-/m0/s1. The van der Waals surface area contributed by atoms with Crippen molar-refractivity contribution in [2.24, 2.45) is 5.92 Å². The summed E-state index contributed by atoms with van der Waals surface area (Å²) in [6.45, 7) is 4.36. The van der Waals surface area contributed by atoms with Gasteiger partial charge in [-0.25, -0.2) is 19.6 Å². The summed E-state index contributed by atoms with van der Waals surface area (Å²) < 4.78 is 9.56. The molecule has 0 spiro atoms. The fraction of sp³-hybridized carbons (Fsp3) is 0.357. The second-order valence-corrected chi connectivity index (χ2v) is 15.0. The zero-order chi connectivity index (χ0) is 39.8. The van der Waals surface area contributed by atoms with E-state index >= 15 is 0 Å². The van der Waals surface area contributed by atoms with E-state index in [2.05, 4.69) is 25.6 Å². The third kappa shape index (κ3) is 7.20. The molecule has 3 aliphatic heterocycles. The third-order valence-corrected chi connectivity index (χ3v) is 11.2. The van der Waals surface area contributed by atoms with Crippen LogP contribution in [0.15, 0.2) is 73.2 Å². The SMILES string of the molecule is COC(=O)N[C@H]1CCc2cccc3c2N(C1=O)[C@H](c1ncc(-c2ccc(-c4ccc(-c5cnc([C@@H]6CCCN6C(=O)[C@@H](NC(=O)OC)C(C)C)[nH]5)cn4)cc2)[nH]1)C3. The van der Waals surface area contributed by atoms with Crippen molar-refractivity contribution >= 4 is 29.7 Å². The van der Waals surface area contributed by atoms with E-state index < -0.39 is 24.3 Å². The number of aryl methyl sites for hydroxylation is 1. The third-order valence-electron chi connectivity index (χ3n) is 11.2. The molecule has 57 heavy (non-hydrogen) atoms. The van der Waals surface area contributed by atoms with Gasteiger partial charge in [0.25, 0.3) is 0 Å². The maximum absolute atomic E-state index is 13.9. The predicted molar refractivity (Wildman–Crippen MR) is 211 cm³/mol. The van der Waals surface area contributed by atoms with Gasteiger partial charge in [-0.2, -0.15) is 0 Å². The van der Waals surface area contributed by atoms with E-state index in [9.17, 15) is 19.2 Å². The van der Waals surface area contributed by atoms with E-state index in [1.54, 1.807) is 28.4 Å². The summed E-state index contributed by atoms with van der Waals surface area (Å²) >= 11 is 0. The number of carbonyl (C=O) groups is 4. The maximum atomic E-state index is 13.9. The first-order valence-electron chi connectivity index (χ1n) is 19.2. The molecule has 4 atom stereocenters. The number of methoxy groups -OCH3 is 2. The fourth-order valence-electron chi connectivity index (χ4n) is 8.23. The van der Waals surface area contributed by atoms with Gasteiger partial charge in [-0.1, -0.05) is 56.3 Å². The van der Waals surface area contributed by atoms with Crippen LogP contribution in [0, 0.1) is 5.92 Å². The molecule has 3 aromatic heterocycles. The lowest BCUT2D eigenvalue weighted by molar-refractivity contribution is -0.135. The van der Waals surface area contributed by atoms with Crippen LogP contribution in [0.5, 0.6) is 0 Å². The summed E-state index contributed by atoms with van der Waals surface area (Å²) in [6.07, 6.45) is 7.43. The monoisotopic (exact) mass is 771 g/mol. The van der Waals surface area contributed by atoms with Gasteiger partial charge in [0, 0.05) is 30.3 Å². The van der Waals surface area contributed by atoms with Gasteiger partial charge < -0.3 is 35.0 Å². The van der Waals surface area contributed by atoms with Crippen LogP contribution in [0.25, 0.3) is 33.8 Å². The molecule has 15 nitrogen and oxygen atoms in total. The van der Waals surface area contributed by atoms with Crippen molar-refractivity contribution in [2.75, 3.05) is 25.7 Å². The zero-order valence-electron chi connectivity index (χ0n) is 32.2. The smallest absolute Gasteiger partial charge is 0.407 e. The van der Waals surface area contributed by atoms with E-state index in [0.717, 1.165) is 63.4 Å². The first kappa shape index (κ1) is 37.4. The normalized spacial score (nSPS) is 19.2. The number of ether oxygens (including phenoxy) is 2. The van der Waals surface area contributed by atoms with Crippen molar-refractivity contribution in [3.8, 4) is 33.8 Å². The van der Waals surface area contributed by atoms with Gasteiger partial charge in [0.2, 0.25) is 11.8 Å². The van der Waals surface area contributed by atoms with Crippen LogP contribution < -0.4 is 15.5 Å². The number of benzene rings is 2. The molecule has 0 saturated carbocycles. The number of alkyl carbamates (subject to hydrolysis) is 2. The van der Waals surface area contributed by atoms with Gasteiger partial charge in [0.05, 0.1) is 61.5 Å². The largest absolute Gasteiger partial charge is 0.453 e. The molecular formula is C42H45N9O6. The van der Waals surface area contributed by atoms with Gasteiger partial charge in [0.1, 0.15) is 23.7 Å². The minimum absolute atomic E-state index is 0.116. The van der Waals surface area contributed by atoms with Crippen LogP contribution in [-0.2, 0) is 31.9 Å². The molecule has 4 N–H and O–H groups in total. The number of H-pyrrole nitrogens is 2. The Morgan fingerprint density at radius 2 is 1.46 bits per heavy atom. The molecule has 8 rings (SSSR count). The predicted octanol–water partition coefficient (Wildman–Crippen LogP) is 5.87. The summed E-state index contributed by atoms with van der Waals surface area (Å²) in [7, 11) is 2.57. The minimum atomic E-state index is -0.707. The number of hydrogen-bond acceptors (Lipinski definition) is 9. The van der Waals surface area contributed by atoms with Crippen LogP contribution in [0.2, 0.25) is 0 Å². The molecule has 294 valence electrons. The highest BCUT2D eigenvalue weighted by Gasteiger charge is 2.43. The quantitative estimate of drug-likeness (QED) is 0.142. The number of aromatic amines is 2. The molecule has 3 aliphatic rings. The Balaban J connectivity index is 0.951. The molecule has 1 fully saturated rings. The lowest BCUT2D eigenvalue weighted by atomic mass is 10.0. The summed E-state index contributed by atoms with van der Waals surface area (Å²) in [5.41, 5.74) is 8.21. The number of anilines is 1. The van der Waals surface area contributed by atoms with E-state index in [1.165, 1.54) is 14.2 Å². The second kappa shape index (κ2) is 15.6. The molecule has 0 radical (unpaired) electrons. The van der Waals surface area contributed by atoms with Crippen molar-refractivity contribution in [1.29, 1.82) is 0 Å². The van der Waals surface area contributed by atoms with Crippen LogP contribution in [0.3, 0.4) is 0 Å². The van der Waals surface area contributed by atoms with E-state index in [-0.39, 0.29) is 29.8 Å². The van der Waals surface area contributed by atoms with Crippen molar-refractivity contribution in [3.63, 3.8) is 0 Å². The Labute approximate surface area is 329 Å². The second-order valence-electron chi connectivity index (χ2n) is 15.0. The number of carbonyl (C=O) groups excluding carboxylic acids is 4. The van der Waals surface area contributed by atoms with E-state index in [4.69, 9.17) is 19.4 Å². The van der Waals surface area contributed by atoms with Gasteiger partial charge in [-0.15, -0.1) is 0 Å². The molecule has 1 saturated heterocycles. The van der Waals surface area contributed by atoms with Gasteiger partial charge in [-0.3, -0.25) is 19.5 Å². The van der Waals surface area contributed by atoms with Crippen molar-refractivity contribution in [1.82, 2.24) is 40.5 Å². The highest BCUT2D eigenvalue weighted by Crippen LogP contribution is 2.44. The first-order chi connectivity index (χ1) is 27.6. The number of imidazole rings is 2. The highest BCUT2D eigenvalue weighted by molar-refractivity contribution is 6.02. The van der Waals surface area contributed by atoms with E-state index in [1.807, 2.05) is 68.4 Å². The Hall–Kier alpha value is -6.51. The summed E-state index contributed by atoms with van der Waals surface area (Å²) in [5.74, 6) is 0.914. The van der Waals surface area contributed by atoms with Crippen LogP contribution >= 0.6 is 0 Å². The number of rotatable bonds is 9. The molecule has 4 amide bonds. The molecule has 6 heterocycles. The number of pyridine rings is 1. The zero-order valence-corrected chi connectivity index (χ0v) is 32.2. The number of para-hydroxylation sites is 1. The number of likely N-dealkylation sites (tertiary alicyclic amines) is 1. The Morgan fingerprint density at radius 3 is 2.14 bits per heavy atom. The topological polar surface area (TPSA) is 188 Å².